The lowest BCUT2D eigenvalue weighted by molar-refractivity contribution is -0.119. The third-order valence-corrected chi connectivity index (χ3v) is 6.84. The Morgan fingerprint density at radius 3 is 2.77 bits per heavy atom. The number of nitrogens with zero attached hydrogens (tertiary/aromatic N) is 3. The van der Waals surface area contributed by atoms with Gasteiger partial charge in [-0.15, -0.1) is 0 Å². The predicted octanol–water partition coefficient (Wildman–Crippen LogP) is -1.15. The van der Waals surface area contributed by atoms with Crippen LogP contribution in [0.2, 0.25) is 0 Å². The molecule has 0 spiro atoms. The molecule has 4 N–H and O–H groups in total. The highest BCUT2D eigenvalue weighted by Gasteiger charge is 2.48. The summed E-state index contributed by atoms with van der Waals surface area (Å²) in [5, 5.41) is 31.0. The molecule has 12 heteroatoms. The van der Waals surface area contributed by atoms with Crippen molar-refractivity contribution in [2.45, 2.75) is 23.1 Å². The van der Waals surface area contributed by atoms with Crippen LogP contribution in [0.1, 0.15) is 0 Å². The zero-order valence-corrected chi connectivity index (χ0v) is 18.0. The lowest BCUT2D eigenvalue weighted by Crippen LogP contribution is -2.50. The van der Waals surface area contributed by atoms with Crippen molar-refractivity contribution in [2.24, 2.45) is 0 Å². The average Bonchev–Trinajstić information content (AvgIpc) is 3.30. The summed E-state index contributed by atoms with van der Waals surface area (Å²) in [4.78, 5) is 11.8. The van der Waals surface area contributed by atoms with E-state index < -0.39 is 21.7 Å². The molecule has 1 aliphatic heterocycles. The molecular formula is C19H27N5O6S. The third kappa shape index (κ3) is 5.47. The van der Waals surface area contributed by atoms with Gasteiger partial charge < -0.3 is 25.6 Å². The predicted molar refractivity (Wildman–Crippen MR) is 112 cm³/mol. The number of aliphatic hydroxyl groups is 2. The highest BCUT2D eigenvalue weighted by molar-refractivity contribution is 7.89. The summed E-state index contributed by atoms with van der Waals surface area (Å²) < 4.78 is 32.9. The number of carbonyl (C=O) groups excluding carboxylic acids is 1. The van der Waals surface area contributed by atoms with E-state index in [4.69, 9.17) is 4.74 Å². The summed E-state index contributed by atoms with van der Waals surface area (Å²) in [6.45, 7) is 0.254. The topological polar surface area (TPSA) is 146 Å². The molecule has 0 aliphatic carbocycles. The third-order valence-electron chi connectivity index (χ3n) is 5.02. The maximum Gasteiger partial charge on any atom is 0.251 e. The van der Waals surface area contributed by atoms with E-state index >= 15 is 0 Å². The number of hydrogen-bond acceptors (Lipinski definition) is 8. The van der Waals surface area contributed by atoms with Crippen molar-refractivity contribution in [3.05, 3.63) is 42.6 Å². The molecule has 1 aromatic heterocycles. The van der Waals surface area contributed by atoms with Crippen LogP contribution in [0, 0.1) is 0 Å². The maximum absolute atomic E-state index is 12.8. The summed E-state index contributed by atoms with van der Waals surface area (Å²) in [7, 11) is -2.38. The first-order chi connectivity index (χ1) is 14.8. The molecule has 2 aromatic rings. The SMILES string of the molecule is COCC(=O)Nc1ccnn1CCNC[C@]1(O)CN(S(=O)(=O)c2ccccc2)C[C@H]1O. The fourth-order valence-electron chi connectivity index (χ4n) is 3.35. The second-order valence-electron chi connectivity index (χ2n) is 7.33. The first-order valence-corrected chi connectivity index (χ1v) is 11.2. The Bertz CT molecular complexity index is 983. The molecule has 0 unspecified atom stereocenters. The number of β-amino-alcohol motifs (C(OH)–C–C–N with tert-alkyl or cyclic N) is 2. The van der Waals surface area contributed by atoms with Crippen LogP contribution >= 0.6 is 0 Å². The van der Waals surface area contributed by atoms with Gasteiger partial charge in [-0.25, -0.2) is 13.1 Å². The molecule has 11 nitrogen and oxygen atoms in total. The highest BCUT2D eigenvalue weighted by atomic mass is 32.2. The Balaban J connectivity index is 1.53. The van der Waals surface area contributed by atoms with Gasteiger partial charge in [0.1, 0.15) is 18.0 Å². The van der Waals surface area contributed by atoms with Gasteiger partial charge in [0.15, 0.2) is 0 Å². The molecule has 1 aliphatic rings. The molecule has 1 saturated heterocycles. The average molecular weight is 454 g/mol. The molecule has 31 heavy (non-hydrogen) atoms. The Hall–Kier alpha value is -2.35. The van der Waals surface area contributed by atoms with Crippen molar-refractivity contribution in [1.82, 2.24) is 19.4 Å². The summed E-state index contributed by atoms with van der Waals surface area (Å²) in [5.74, 6) is 0.198. The molecule has 1 amide bonds. The molecule has 2 heterocycles. The molecular weight excluding hydrogens is 426 g/mol. The number of sulfonamides is 1. The van der Waals surface area contributed by atoms with Crippen LogP contribution in [0.25, 0.3) is 0 Å². The van der Waals surface area contributed by atoms with E-state index in [1.54, 1.807) is 35.1 Å². The first-order valence-electron chi connectivity index (χ1n) is 9.73. The molecule has 1 aromatic carbocycles. The van der Waals surface area contributed by atoms with Crippen molar-refractivity contribution < 1.29 is 28.2 Å². The molecule has 2 atom stereocenters. The standard InChI is InChI=1S/C19H27N5O6S/c1-30-12-18(26)22-17-7-8-21-24(17)10-9-20-13-19(27)14-23(11-16(19)25)31(28,29)15-5-3-2-4-6-15/h2-8,16,20,25,27H,9-14H2,1H3,(H,22,26)/t16-,19+/m1/s1. The quantitative estimate of drug-likeness (QED) is 0.330. The second-order valence-corrected chi connectivity index (χ2v) is 9.27. The molecule has 1 fully saturated rings. The number of rotatable bonds is 10. The molecule has 170 valence electrons. The number of nitrogens with one attached hydrogen (secondary N) is 2. The number of anilines is 1. The highest BCUT2D eigenvalue weighted by Crippen LogP contribution is 2.27. The fraction of sp³-hybridized carbons (Fsp3) is 0.474. The number of hydrogen-bond donors (Lipinski definition) is 4. The van der Waals surface area contributed by atoms with Crippen molar-refractivity contribution in [2.75, 3.05) is 45.2 Å². The van der Waals surface area contributed by atoms with Gasteiger partial charge in [0.05, 0.1) is 23.7 Å². The summed E-state index contributed by atoms with van der Waals surface area (Å²) in [6.07, 6.45) is 0.315. The van der Waals surface area contributed by atoms with Crippen LogP contribution < -0.4 is 10.6 Å². The van der Waals surface area contributed by atoms with E-state index in [9.17, 15) is 23.4 Å². The number of methoxy groups -OCH3 is 1. The van der Waals surface area contributed by atoms with E-state index in [-0.39, 0.29) is 37.0 Å². The minimum Gasteiger partial charge on any atom is -0.389 e. The summed E-state index contributed by atoms with van der Waals surface area (Å²) in [5.41, 5.74) is -1.62. The van der Waals surface area contributed by atoms with Gasteiger partial charge >= 0.3 is 0 Å². The van der Waals surface area contributed by atoms with E-state index in [2.05, 4.69) is 15.7 Å². The van der Waals surface area contributed by atoms with Crippen LogP contribution in [-0.4, -0.2) is 90.2 Å². The Kier molecular flexibility index (Phi) is 7.41. The van der Waals surface area contributed by atoms with Crippen molar-refractivity contribution in [3.63, 3.8) is 0 Å². The molecule has 0 radical (unpaired) electrons. The van der Waals surface area contributed by atoms with Gasteiger partial charge in [-0.1, -0.05) is 18.2 Å². The molecule has 3 rings (SSSR count). The van der Waals surface area contributed by atoms with Crippen molar-refractivity contribution in [3.8, 4) is 0 Å². The van der Waals surface area contributed by atoms with Crippen LogP contribution in [0.5, 0.6) is 0 Å². The number of aromatic nitrogens is 2. The van der Waals surface area contributed by atoms with Crippen molar-refractivity contribution >= 4 is 21.7 Å². The lowest BCUT2D eigenvalue weighted by Gasteiger charge is -2.26. The maximum atomic E-state index is 12.8. The largest absolute Gasteiger partial charge is 0.389 e. The van der Waals surface area contributed by atoms with Crippen LogP contribution in [0.4, 0.5) is 5.82 Å². The van der Waals surface area contributed by atoms with Crippen LogP contribution in [-0.2, 0) is 26.1 Å². The van der Waals surface area contributed by atoms with E-state index in [0.717, 1.165) is 4.31 Å². The Morgan fingerprint density at radius 1 is 1.32 bits per heavy atom. The zero-order valence-electron chi connectivity index (χ0n) is 17.1. The molecule has 0 saturated carbocycles. The van der Waals surface area contributed by atoms with Gasteiger partial charge in [0.25, 0.3) is 5.91 Å². The van der Waals surface area contributed by atoms with E-state index in [1.165, 1.54) is 19.2 Å². The Labute approximate surface area is 180 Å². The number of amides is 1. The smallest absolute Gasteiger partial charge is 0.251 e. The van der Waals surface area contributed by atoms with Gasteiger partial charge in [-0.2, -0.15) is 9.40 Å². The van der Waals surface area contributed by atoms with Crippen molar-refractivity contribution in [1.29, 1.82) is 0 Å². The number of ether oxygens (including phenoxy) is 1. The van der Waals surface area contributed by atoms with E-state index in [1.807, 2.05) is 0 Å². The van der Waals surface area contributed by atoms with E-state index in [0.29, 0.717) is 18.9 Å². The van der Waals surface area contributed by atoms with Gasteiger partial charge in [0, 0.05) is 39.4 Å². The second kappa shape index (κ2) is 9.85. The van der Waals surface area contributed by atoms with Gasteiger partial charge in [0.2, 0.25) is 10.0 Å². The number of carbonyl (C=O) groups is 1. The molecule has 0 bridgehead atoms. The Morgan fingerprint density at radius 2 is 2.06 bits per heavy atom. The van der Waals surface area contributed by atoms with Crippen LogP contribution in [0.15, 0.2) is 47.5 Å². The minimum atomic E-state index is -3.81. The monoisotopic (exact) mass is 453 g/mol. The number of aliphatic hydroxyl groups excluding tert-OH is 1. The fourth-order valence-corrected chi connectivity index (χ4v) is 4.88. The van der Waals surface area contributed by atoms with Crippen LogP contribution in [0.3, 0.4) is 0 Å². The number of benzene rings is 1. The summed E-state index contributed by atoms with van der Waals surface area (Å²) in [6, 6.07) is 9.55. The van der Waals surface area contributed by atoms with Gasteiger partial charge in [-0.3, -0.25) is 4.79 Å². The first kappa shape index (κ1) is 23.3. The lowest BCUT2D eigenvalue weighted by atomic mass is 10.0. The zero-order chi connectivity index (χ0) is 22.5. The normalized spacial score (nSPS) is 22.0. The van der Waals surface area contributed by atoms with Gasteiger partial charge in [-0.05, 0) is 12.1 Å². The minimum absolute atomic E-state index is 0.0123. The summed E-state index contributed by atoms with van der Waals surface area (Å²) >= 11 is 0.